The molecule has 2 aliphatic heterocycles. The van der Waals surface area contributed by atoms with Crippen LogP contribution in [0.2, 0.25) is 0 Å². The third kappa shape index (κ3) is 3.19. The fraction of sp³-hybridized carbons (Fsp3) is 0.333. The highest BCUT2D eigenvalue weighted by Crippen LogP contribution is 2.47. The highest BCUT2D eigenvalue weighted by molar-refractivity contribution is 7.42. The Kier molecular flexibility index (Phi) is 4.00. The Labute approximate surface area is 129 Å². The Morgan fingerprint density at radius 2 is 1.59 bits per heavy atom. The van der Waals surface area contributed by atoms with Gasteiger partial charge in [0.05, 0.1) is 18.9 Å². The van der Waals surface area contributed by atoms with Gasteiger partial charge in [0.1, 0.15) is 5.75 Å². The van der Waals surface area contributed by atoms with Gasteiger partial charge in [-0.2, -0.15) is 0 Å². The predicted molar refractivity (Wildman–Crippen MR) is 81.3 cm³/mol. The molecular weight excluding hydrogens is 305 g/mol. The van der Waals surface area contributed by atoms with Crippen molar-refractivity contribution in [1.29, 1.82) is 0 Å². The average molecular weight is 321 g/mol. The maximum atomic E-state index is 11.6. The first-order chi connectivity index (χ1) is 10.4. The Bertz CT molecular complexity index is 597. The van der Waals surface area contributed by atoms with Gasteiger partial charge in [0.15, 0.2) is 0 Å². The van der Waals surface area contributed by atoms with Crippen LogP contribution in [0.4, 0.5) is 5.69 Å². The standard InChI is InChI=1S/C15H16NO5P/c1-15(2)9-19-22(20-10-15)21-12-5-3-11(4-6-12)16-13(17)7-8-14(16)18/h3-8H,9-10H2,1-2H3. The van der Waals surface area contributed by atoms with Crippen LogP contribution < -0.4 is 9.42 Å². The summed E-state index contributed by atoms with van der Waals surface area (Å²) in [6.45, 7) is 5.29. The van der Waals surface area contributed by atoms with Crippen molar-refractivity contribution in [3.05, 3.63) is 36.4 Å². The zero-order chi connectivity index (χ0) is 15.7. The summed E-state index contributed by atoms with van der Waals surface area (Å²) < 4.78 is 16.7. The van der Waals surface area contributed by atoms with Crippen LogP contribution in [-0.4, -0.2) is 25.0 Å². The topological polar surface area (TPSA) is 65.1 Å². The lowest BCUT2D eigenvalue weighted by molar-refractivity contribution is -0.119. The molecule has 0 spiro atoms. The Hall–Kier alpha value is -1.75. The molecule has 1 saturated heterocycles. The number of carbonyl (C=O) groups excluding carboxylic acids is 2. The molecule has 0 radical (unpaired) electrons. The van der Waals surface area contributed by atoms with Gasteiger partial charge < -0.3 is 13.6 Å². The summed E-state index contributed by atoms with van der Waals surface area (Å²) in [7, 11) is -1.40. The third-order valence-electron chi connectivity index (χ3n) is 3.21. The Balaban J connectivity index is 1.63. The molecule has 0 N–H and O–H groups in total. The summed E-state index contributed by atoms with van der Waals surface area (Å²) in [5, 5.41) is 0. The minimum atomic E-state index is -1.40. The molecule has 22 heavy (non-hydrogen) atoms. The predicted octanol–water partition coefficient (Wildman–Crippen LogP) is 2.79. The van der Waals surface area contributed by atoms with E-state index in [9.17, 15) is 9.59 Å². The van der Waals surface area contributed by atoms with E-state index in [0.29, 0.717) is 24.7 Å². The first-order valence-electron chi connectivity index (χ1n) is 6.85. The van der Waals surface area contributed by atoms with Gasteiger partial charge in [-0.3, -0.25) is 9.59 Å². The highest BCUT2D eigenvalue weighted by atomic mass is 31.2. The van der Waals surface area contributed by atoms with Crippen molar-refractivity contribution in [2.24, 2.45) is 5.41 Å². The zero-order valence-electron chi connectivity index (χ0n) is 12.3. The van der Waals surface area contributed by atoms with Gasteiger partial charge in [-0.05, 0) is 24.3 Å². The van der Waals surface area contributed by atoms with Gasteiger partial charge in [-0.1, -0.05) is 13.8 Å². The second-order valence-electron chi connectivity index (χ2n) is 5.87. The van der Waals surface area contributed by atoms with Crippen LogP contribution in [-0.2, 0) is 18.6 Å². The van der Waals surface area contributed by atoms with E-state index in [0.717, 1.165) is 4.90 Å². The fourth-order valence-electron chi connectivity index (χ4n) is 1.98. The Morgan fingerprint density at radius 3 is 2.14 bits per heavy atom. The third-order valence-corrected chi connectivity index (χ3v) is 4.25. The SMILES string of the molecule is CC1(C)COP(Oc2ccc(N3C(=O)C=CC3=O)cc2)OC1. The van der Waals surface area contributed by atoms with Crippen molar-refractivity contribution in [3.63, 3.8) is 0 Å². The lowest BCUT2D eigenvalue weighted by Gasteiger charge is -2.32. The van der Waals surface area contributed by atoms with Crippen molar-refractivity contribution in [2.75, 3.05) is 18.1 Å². The van der Waals surface area contributed by atoms with Crippen LogP contribution >= 0.6 is 8.60 Å². The number of carbonyl (C=O) groups is 2. The molecule has 2 aliphatic rings. The molecule has 6 nitrogen and oxygen atoms in total. The summed E-state index contributed by atoms with van der Waals surface area (Å²) in [5.74, 6) is -0.116. The summed E-state index contributed by atoms with van der Waals surface area (Å²) in [5.41, 5.74) is 0.502. The van der Waals surface area contributed by atoms with Crippen LogP contribution in [0.3, 0.4) is 0 Å². The van der Waals surface area contributed by atoms with Crippen molar-refractivity contribution in [2.45, 2.75) is 13.8 Å². The van der Waals surface area contributed by atoms with Crippen molar-refractivity contribution < 1.29 is 23.2 Å². The molecular formula is C15H16NO5P. The largest absolute Gasteiger partial charge is 0.427 e. The van der Waals surface area contributed by atoms with E-state index in [1.165, 1.54) is 12.2 Å². The average Bonchev–Trinajstić information content (AvgIpc) is 2.82. The number of nitrogens with zero attached hydrogens (tertiary/aromatic N) is 1. The van der Waals surface area contributed by atoms with E-state index >= 15 is 0 Å². The molecule has 0 saturated carbocycles. The number of hydrogen-bond acceptors (Lipinski definition) is 5. The van der Waals surface area contributed by atoms with Crippen molar-refractivity contribution >= 4 is 26.1 Å². The van der Waals surface area contributed by atoms with Gasteiger partial charge in [0.25, 0.3) is 11.8 Å². The molecule has 0 aliphatic carbocycles. The first kappa shape index (κ1) is 15.2. The molecule has 7 heteroatoms. The van der Waals surface area contributed by atoms with E-state index in [4.69, 9.17) is 13.6 Å². The minimum absolute atomic E-state index is 0.00444. The molecule has 1 fully saturated rings. The van der Waals surface area contributed by atoms with E-state index in [1.807, 2.05) is 0 Å². The summed E-state index contributed by atoms with van der Waals surface area (Å²) >= 11 is 0. The Morgan fingerprint density at radius 1 is 1.05 bits per heavy atom. The molecule has 3 rings (SSSR count). The molecule has 2 heterocycles. The van der Waals surface area contributed by atoms with Gasteiger partial charge in [0, 0.05) is 17.6 Å². The molecule has 116 valence electrons. The number of rotatable bonds is 3. The van der Waals surface area contributed by atoms with Gasteiger partial charge >= 0.3 is 8.60 Å². The molecule has 1 aromatic carbocycles. The normalized spacial score (nSPS) is 21.5. The molecule has 2 amide bonds. The van der Waals surface area contributed by atoms with E-state index in [-0.39, 0.29) is 17.2 Å². The van der Waals surface area contributed by atoms with E-state index in [2.05, 4.69) is 13.8 Å². The van der Waals surface area contributed by atoms with Crippen LogP contribution in [0.25, 0.3) is 0 Å². The maximum absolute atomic E-state index is 11.6. The number of benzene rings is 1. The van der Waals surface area contributed by atoms with Crippen molar-refractivity contribution in [1.82, 2.24) is 0 Å². The van der Waals surface area contributed by atoms with E-state index in [1.54, 1.807) is 24.3 Å². The monoisotopic (exact) mass is 321 g/mol. The minimum Gasteiger partial charge on any atom is -0.427 e. The molecule has 0 bridgehead atoms. The molecule has 1 aromatic rings. The lowest BCUT2D eigenvalue weighted by atomic mass is 9.97. The van der Waals surface area contributed by atoms with Gasteiger partial charge in [0.2, 0.25) is 0 Å². The van der Waals surface area contributed by atoms with Crippen LogP contribution in [0.1, 0.15) is 13.8 Å². The van der Waals surface area contributed by atoms with Crippen molar-refractivity contribution in [3.8, 4) is 5.75 Å². The fourth-order valence-corrected chi connectivity index (χ4v) is 3.37. The number of imide groups is 1. The number of anilines is 1. The molecule has 0 atom stereocenters. The second kappa shape index (κ2) is 5.80. The summed E-state index contributed by atoms with van der Waals surface area (Å²) in [4.78, 5) is 24.3. The van der Waals surface area contributed by atoms with Crippen LogP contribution in [0.15, 0.2) is 36.4 Å². The smallest absolute Gasteiger partial charge is 0.397 e. The number of amides is 2. The van der Waals surface area contributed by atoms with Gasteiger partial charge in [-0.25, -0.2) is 4.90 Å². The first-order valence-corrected chi connectivity index (χ1v) is 7.94. The lowest BCUT2D eigenvalue weighted by Crippen LogP contribution is -2.29. The molecule has 0 unspecified atom stereocenters. The van der Waals surface area contributed by atoms with E-state index < -0.39 is 8.60 Å². The van der Waals surface area contributed by atoms with Crippen LogP contribution in [0.5, 0.6) is 5.75 Å². The quantitative estimate of drug-likeness (QED) is 0.633. The van der Waals surface area contributed by atoms with Crippen LogP contribution in [0, 0.1) is 5.41 Å². The zero-order valence-corrected chi connectivity index (χ0v) is 13.2. The number of hydrogen-bond donors (Lipinski definition) is 0. The maximum Gasteiger partial charge on any atom is 0.397 e. The molecule has 0 aromatic heterocycles. The van der Waals surface area contributed by atoms with Gasteiger partial charge in [-0.15, -0.1) is 0 Å². The second-order valence-corrected chi connectivity index (χ2v) is 7.01. The summed E-state index contributed by atoms with van der Waals surface area (Å²) in [6.07, 6.45) is 2.50. The highest BCUT2D eigenvalue weighted by Gasteiger charge is 2.31. The summed E-state index contributed by atoms with van der Waals surface area (Å²) in [6, 6.07) is 6.68.